The lowest BCUT2D eigenvalue weighted by atomic mass is 10.1. The van der Waals surface area contributed by atoms with E-state index in [0.29, 0.717) is 5.56 Å². The molecule has 0 fully saturated rings. The number of carbonyl (C=O) groups is 1. The molecule has 102 valence electrons. The third kappa shape index (κ3) is 3.09. The van der Waals surface area contributed by atoms with Gasteiger partial charge in [-0.05, 0) is 42.5 Å². The van der Waals surface area contributed by atoms with Crippen LogP contribution in [0.25, 0.3) is 6.08 Å². The Labute approximate surface area is 115 Å². The number of hydrogen-bond donors (Lipinski definition) is 0. The first kappa shape index (κ1) is 13.9. The number of ether oxygens (including phenoxy) is 1. The van der Waals surface area contributed by atoms with Gasteiger partial charge in [-0.15, -0.1) is 0 Å². The first-order valence-corrected chi connectivity index (χ1v) is 5.92. The summed E-state index contributed by atoms with van der Waals surface area (Å²) in [5, 5.41) is 0. The van der Waals surface area contributed by atoms with Crippen LogP contribution in [0.3, 0.4) is 0 Å². The Kier molecular flexibility index (Phi) is 4.25. The SMILES string of the molecule is COc1cccc(/C=C/C(=O)c2ccc(F)cc2)c1F. The monoisotopic (exact) mass is 274 g/mol. The van der Waals surface area contributed by atoms with Crippen LogP contribution in [-0.2, 0) is 0 Å². The minimum Gasteiger partial charge on any atom is -0.494 e. The standard InChI is InChI=1S/C16H12F2O2/c1-20-15-4-2-3-12(16(15)18)7-10-14(19)11-5-8-13(17)9-6-11/h2-10H,1H3/b10-7+. The molecule has 0 aliphatic rings. The molecule has 0 aliphatic carbocycles. The largest absolute Gasteiger partial charge is 0.494 e. The molecule has 0 saturated carbocycles. The van der Waals surface area contributed by atoms with Gasteiger partial charge in [0.2, 0.25) is 0 Å². The van der Waals surface area contributed by atoms with Crippen LogP contribution in [0.1, 0.15) is 15.9 Å². The Bertz CT molecular complexity index is 646. The van der Waals surface area contributed by atoms with Crippen molar-refractivity contribution in [3.8, 4) is 5.75 Å². The van der Waals surface area contributed by atoms with Crippen molar-refractivity contribution in [1.29, 1.82) is 0 Å². The van der Waals surface area contributed by atoms with Crippen molar-refractivity contribution in [2.24, 2.45) is 0 Å². The summed E-state index contributed by atoms with van der Waals surface area (Å²) in [7, 11) is 1.37. The van der Waals surface area contributed by atoms with Crippen molar-refractivity contribution in [2.45, 2.75) is 0 Å². The van der Waals surface area contributed by atoms with Crippen LogP contribution in [0.4, 0.5) is 8.78 Å². The van der Waals surface area contributed by atoms with Crippen molar-refractivity contribution in [2.75, 3.05) is 7.11 Å². The summed E-state index contributed by atoms with van der Waals surface area (Å²) in [4.78, 5) is 11.8. The number of ketones is 1. The zero-order valence-corrected chi connectivity index (χ0v) is 10.8. The molecule has 0 heterocycles. The molecule has 2 nitrogen and oxygen atoms in total. The van der Waals surface area contributed by atoms with Gasteiger partial charge in [-0.25, -0.2) is 8.78 Å². The Morgan fingerprint density at radius 2 is 1.80 bits per heavy atom. The summed E-state index contributed by atoms with van der Waals surface area (Å²) in [6.07, 6.45) is 2.61. The van der Waals surface area contributed by atoms with E-state index >= 15 is 0 Å². The normalized spacial score (nSPS) is 10.8. The molecular formula is C16H12F2O2. The number of methoxy groups -OCH3 is 1. The van der Waals surface area contributed by atoms with Crippen LogP contribution < -0.4 is 4.74 Å². The molecule has 0 unspecified atom stereocenters. The van der Waals surface area contributed by atoms with E-state index in [9.17, 15) is 13.6 Å². The van der Waals surface area contributed by atoms with E-state index in [1.54, 1.807) is 6.07 Å². The van der Waals surface area contributed by atoms with Crippen molar-refractivity contribution in [3.05, 3.63) is 71.3 Å². The van der Waals surface area contributed by atoms with Gasteiger partial charge < -0.3 is 4.74 Å². The Balaban J connectivity index is 2.21. The fourth-order valence-corrected chi connectivity index (χ4v) is 1.69. The smallest absolute Gasteiger partial charge is 0.185 e. The summed E-state index contributed by atoms with van der Waals surface area (Å²) in [5.74, 6) is -1.16. The maximum atomic E-state index is 13.8. The van der Waals surface area contributed by atoms with E-state index in [4.69, 9.17) is 4.74 Å². The third-order valence-corrected chi connectivity index (χ3v) is 2.76. The molecule has 0 radical (unpaired) electrons. The Hall–Kier alpha value is -2.49. The molecule has 0 amide bonds. The van der Waals surface area contributed by atoms with Crippen molar-refractivity contribution < 1.29 is 18.3 Å². The molecule has 4 heteroatoms. The summed E-state index contributed by atoms with van der Waals surface area (Å²) >= 11 is 0. The molecule has 0 bridgehead atoms. The molecule has 2 aromatic carbocycles. The number of benzene rings is 2. The number of rotatable bonds is 4. The van der Waals surface area contributed by atoms with E-state index in [2.05, 4.69) is 0 Å². The van der Waals surface area contributed by atoms with Gasteiger partial charge in [0, 0.05) is 11.1 Å². The minimum absolute atomic E-state index is 0.112. The predicted octanol–water partition coefficient (Wildman–Crippen LogP) is 3.87. The number of allylic oxidation sites excluding steroid dienone is 1. The molecular weight excluding hydrogens is 262 g/mol. The Morgan fingerprint density at radius 1 is 1.10 bits per heavy atom. The van der Waals surface area contributed by atoms with Crippen LogP contribution in [0.5, 0.6) is 5.75 Å². The van der Waals surface area contributed by atoms with E-state index in [1.165, 1.54) is 55.7 Å². The number of carbonyl (C=O) groups excluding carboxylic acids is 1. The van der Waals surface area contributed by atoms with Crippen molar-refractivity contribution >= 4 is 11.9 Å². The Morgan fingerprint density at radius 3 is 2.45 bits per heavy atom. The zero-order valence-electron chi connectivity index (χ0n) is 10.8. The summed E-state index contributed by atoms with van der Waals surface area (Å²) in [6, 6.07) is 9.82. The highest BCUT2D eigenvalue weighted by atomic mass is 19.1. The maximum Gasteiger partial charge on any atom is 0.185 e. The minimum atomic E-state index is -0.529. The van der Waals surface area contributed by atoms with Crippen LogP contribution in [0, 0.1) is 11.6 Å². The molecule has 0 saturated heterocycles. The molecule has 0 aliphatic heterocycles. The predicted molar refractivity (Wildman–Crippen MR) is 72.7 cm³/mol. The average molecular weight is 274 g/mol. The van der Waals surface area contributed by atoms with Gasteiger partial charge in [0.15, 0.2) is 17.3 Å². The van der Waals surface area contributed by atoms with E-state index in [0.717, 1.165) is 0 Å². The molecule has 20 heavy (non-hydrogen) atoms. The second kappa shape index (κ2) is 6.10. The average Bonchev–Trinajstić information content (AvgIpc) is 2.46. The first-order chi connectivity index (χ1) is 9.61. The van der Waals surface area contributed by atoms with Gasteiger partial charge >= 0.3 is 0 Å². The van der Waals surface area contributed by atoms with Gasteiger partial charge in [0.05, 0.1) is 7.11 Å². The summed E-state index contributed by atoms with van der Waals surface area (Å²) in [6.45, 7) is 0. The summed E-state index contributed by atoms with van der Waals surface area (Å²) in [5.41, 5.74) is 0.589. The van der Waals surface area contributed by atoms with Crippen LogP contribution >= 0.6 is 0 Å². The molecule has 0 atom stereocenters. The highest BCUT2D eigenvalue weighted by Crippen LogP contribution is 2.21. The van der Waals surface area contributed by atoms with E-state index in [-0.39, 0.29) is 17.1 Å². The van der Waals surface area contributed by atoms with Gasteiger partial charge in [-0.2, -0.15) is 0 Å². The fraction of sp³-hybridized carbons (Fsp3) is 0.0625. The maximum absolute atomic E-state index is 13.8. The van der Waals surface area contributed by atoms with E-state index in [1.807, 2.05) is 0 Å². The van der Waals surface area contributed by atoms with Crippen molar-refractivity contribution in [1.82, 2.24) is 0 Å². The van der Waals surface area contributed by atoms with Crippen LogP contribution in [0.2, 0.25) is 0 Å². The zero-order chi connectivity index (χ0) is 14.5. The third-order valence-electron chi connectivity index (χ3n) is 2.76. The summed E-state index contributed by atoms with van der Waals surface area (Å²) < 4.78 is 31.4. The molecule has 2 rings (SSSR count). The lowest BCUT2D eigenvalue weighted by Crippen LogP contribution is -1.95. The lowest BCUT2D eigenvalue weighted by molar-refractivity contribution is 0.104. The molecule has 0 N–H and O–H groups in total. The van der Waals surface area contributed by atoms with Gasteiger partial charge in [-0.3, -0.25) is 4.79 Å². The van der Waals surface area contributed by atoms with Gasteiger partial charge in [0.25, 0.3) is 0 Å². The highest BCUT2D eigenvalue weighted by molar-refractivity contribution is 6.06. The van der Waals surface area contributed by atoms with Crippen molar-refractivity contribution in [3.63, 3.8) is 0 Å². The second-order valence-electron chi connectivity index (χ2n) is 4.07. The van der Waals surface area contributed by atoms with Gasteiger partial charge in [-0.1, -0.05) is 12.1 Å². The first-order valence-electron chi connectivity index (χ1n) is 5.92. The highest BCUT2D eigenvalue weighted by Gasteiger charge is 2.07. The van der Waals surface area contributed by atoms with Crippen LogP contribution in [-0.4, -0.2) is 12.9 Å². The molecule has 2 aromatic rings. The number of hydrogen-bond acceptors (Lipinski definition) is 2. The van der Waals surface area contributed by atoms with E-state index < -0.39 is 11.6 Å². The lowest BCUT2D eigenvalue weighted by Gasteiger charge is -2.03. The van der Waals surface area contributed by atoms with Gasteiger partial charge in [0.1, 0.15) is 5.82 Å². The number of halogens is 2. The quantitative estimate of drug-likeness (QED) is 0.625. The molecule has 0 aromatic heterocycles. The van der Waals surface area contributed by atoms with Crippen LogP contribution in [0.15, 0.2) is 48.5 Å². The second-order valence-corrected chi connectivity index (χ2v) is 4.07. The topological polar surface area (TPSA) is 26.3 Å². The fourth-order valence-electron chi connectivity index (χ4n) is 1.69. The molecule has 0 spiro atoms.